The molecule has 1 aliphatic rings. The minimum absolute atomic E-state index is 0.0961. The summed E-state index contributed by atoms with van der Waals surface area (Å²) in [6, 6.07) is 16.0. The Balaban J connectivity index is 1.57. The molecule has 3 aromatic rings. The highest BCUT2D eigenvalue weighted by atomic mass is 16.5. The number of hydrogen-bond acceptors (Lipinski definition) is 5. The first kappa shape index (κ1) is 17.9. The van der Waals surface area contributed by atoms with Gasteiger partial charge in [0.1, 0.15) is 17.3 Å². The zero-order valence-electron chi connectivity index (χ0n) is 15.5. The molecule has 2 atom stereocenters. The van der Waals surface area contributed by atoms with Crippen molar-refractivity contribution in [2.45, 2.75) is 25.2 Å². The first-order chi connectivity index (χ1) is 13.5. The van der Waals surface area contributed by atoms with Gasteiger partial charge in [0.05, 0.1) is 5.41 Å². The smallest absolute Gasteiger partial charge is 0.362 e. The van der Waals surface area contributed by atoms with Crippen LogP contribution in [-0.4, -0.2) is 21.8 Å². The van der Waals surface area contributed by atoms with Crippen LogP contribution < -0.4 is 10.1 Å². The van der Waals surface area contributed by atoms with E-state index in [9.17, 15) is 9.59 Å². The third kappa shape index (κ3) is 2.93. The Labute approximate surface area is 162 Å². The van der Waals surface area contributed by atoms with Crippen molar-refractivity contribution in [3.63, 3.8) is 0 Å². The number of para-hydroxylation sites is 1. The van der Waals surface area contributed by atoms with Crippen LogP contribution in [0.15, 0.2) is 67.0 Å². The molecular formula is C22H19N3O3. The second-order valence-electron chi connectivity index (χ2n) is 6.96. The summed E-state index contributed by atoms with van der Waals surface area (Å²) in [5.41, 5.74) is 1.16. The van der Waals surface area contributed by atoms with Crippen molar-refractivity contribution in [2.24, 2.45) is 0 Å². The van der Waals surface area contributed by atoms with E-state index >= 15 is 0 Å². The van der Waals surface area contributed by atoms with Gasteiger partial charge in [0.25, 0.3) is 0 Å². The number of anilines is 1. The van der Waals surface area contributed by atoms with Gasteiger partial charge >= 0.3 is 5.97 Å². The number of nitrogens with one attached hydrogen (secondary N) is 1. The first-order valence-corrected chi connectivity index (χ1v) is 9.00. The molecule has 1 aliphatic heterocycles. The van der Waals surface area contributed by atoms with Gasteiger partial charge in [-0.25, -0.2) is 14.8 Å². The van der Waals surface area contributed by atoms with E-state index < -0.39 is 11.4 Å². The SMILES string of the molecule is C[C@H](c1ccc(C(=O)Oc2ccccc2)nc1)[C@@]1(C)C(=O)Nc2ncccc21. The molecule has 140 valence electrons. The molecule has 0 radical (unpaired) electrons. The summed E-state index contributed by atoms with van der Waals surface area (Å²) in [5.74, 6) is 0.277. The number of fused-ring (bicyclic) bond motifs is 1. The molecule has 28 heavy (non-hydrogen) atoms. The van der Waals surface area contributed by atoms with Crippen LogP contribution in [-0.2, 0) is 10.2 Å². The molecule has 6 nitrogen and oxygen atoms in total. The van der Waals surface area contributed by atoms with Crippen LogP contribution in [0.4, 0.5) is 5.82 Å². The molecule has 0 saturated heterocycles. The number of pyridine rings is 2. The average Bonchev–Trinajstić information content (AvgIpc) is 2.99. The standard InChI is InChI=1S/C22H19N3O3/c1-14(22(2)17-9-6-12-23-19(17)25-21(22)27)15-10-11-18(24-13-15)20(26)28-16-7-4-3-5-8-16/h3-14H,1-2H3,(H,23,25,27)/t14-,22-/m1/s1. The molecule has 1 amide bonds. The number of rotatable bonds is 4. The van der Waals surface area contributed by atoms with Crippen molar-refractivity contribution in [2.75, 3.05) is 5.32 Å². The Morgan fingerprint density at radius 2 is 1.86 bits per heavy atom. The van der Waals surface area contributed by atoms with Crippen LogP contribution >= 0.6 is 0 Å². The monoisotopic (exact) mass is 373 g/mol. The van der Waals surface area contributed by atoms with E-state index in [-0.39, 0.29) is 17.5 Å². The number of ether oxygens (including phenoxy) is 1. The zero-order valence-corrected chi connectivity index (χ0v) is 15.5. The van der Waals surface area contributed by atoms with Gasteiger partial charge in [0, 0.05) is 23.9 Å². The summed E-state index contributed by atoms with van der Waals surface area (Å²) < 4.78 is 5.31. The lowest BCUT2D eigenvalue weighted by atomic mass is 9.71. The van der Waals surface area contributed by atoms with Crippen molar-refractivity contribution in [1.82, 2.24) is 9.97 Å². The summed E-state index contributed by atoms with van der Waals surface area (Å²) in [4.78, 5) is 33.5. The van der Waals surface area contributed by atoms with Crippen LogP contribution in [0.1, 0.15) is 41.4 Å². The topological polar surface area (TPSA) is 81.2 Å². The number of hydrogen-bond donors (Lipinski definition) is 1. The van der Waals surface area contributed by atoms with Crippen LogP contribution in [0, 0.1) is 0 Å². The lowest BCUT2D eigenvalue weighted by Gasteiger charge is -2.29. The van der Waals surface area contributed by atoms with Gasteiger partial charge in [-0.15, -0.1) is 0 Å². The molecule has 0 saturated carbocycles. The second-order valence-corrected chi connectivity index (χ2v) is 6.96. The van der Waals surface area contributed by atoms with Gasteiger partial charge in [0.15, 0.2) is 0 Å². The molecular weight excluding hydrogens is 354 g/mol. The Bertz CT molecular complexity index is 1030. The fourth-order valence-electron chi connectivity index (χ4n) is 3.48. The first-order valence-electron chi connectivity index (χ1n) is 9.00. The Hall–Kier alpha value is -3.54. The molecule has 3 heterocycles. The Morgan fingerprint density at radius 3 is 2.57 bits per heavy atom. The fraction of sp³-hybridized carbons (Fsp3) is 0.182. The highest BCUT2D eigenvalue weighted by Gasteiger charge is 2.47. The molecule has 0 fully saturated rings. The van der Waals surface area contributed by atoms with E-state index in [0.29, 0.717) is 11.6 Å². The van der Waals surface area contributed by atoms with E-state index in [0.717, 1.165) is 11.1 Å². The highest BCUT2D eigenvalue weighted by molar-refractivity contribution is 6.05. The molecule has 0 aliphatic carbocycles. The van der Waals surface area contributed by atoms with E-state index in [1.165, 1.54) is 0 Å². The van der Waals surface area contributed by atoms with Crippen molar-refractivity contribution in [1.29, 1.82) is 0 Å². The molecule has 4 rings (SSSR count). The summed E-state index contributed by atoms with van der Waals surface area (Å²) >= 11 is 0. The van der Waals surface area contributed by atoms with Gasteiger partial charge in [-0.1, -0.05) is 37.3 Å². The zero-order chi connectivity index (χ0) is 19.7. The largest absolute Gasteiger partial charge is 0.422 e. The van der Waals surface area contributed by atoms with Crippen molar-refractivity contribution in [3.8, 4) is 5.75 Å². The lowest BCUT2D eigenvalue weighted by Crippen LogP contribution is -2.36. The predicted octanol–water partition coefficient (Wildman–Crippen LogP) is 3.71. The number of carbonyl (C=O) groups excluding carboxylic acids is 2. The molecule has 1 N–H and O–H groups in total. The maximum atomic E-state index is 12.7. The maximum absolute atomic E-state index is 12.7. The third-order valence-electron chi connectivity index (χ3n) is 5.39. The van der Waals surface area contributed by atoms with Crippen LogP contribution in [0.2, 0.25) is 0 Å². The van der Waals surface area contributed by atoms with Gasteiger partial charge in [-0.2, -0.15) is 0 Å². The maximum Gasteiger partial charge on any atom is 0.362 e. The van der Waals surface area contributed by atoms with Crippen molar-refractivity contribution in [3.05, 3.63) is 83.8 Å². The number of nitrogens with zero attached hydrogens (tertiary/aromatic N) is 2. The number of esters is 1. The fourth-order valence-corrected chi connectivity index (χ4v) is 3.48. The van der Waals surface area contributed by atoms with Crippen molar-refractivity contribution < 1.29 is 14.3 Å². The number of aromatic nitrogens is 2. The van der Waals surface area contributed by atoms with Crippen LogP contribution in [0.25, 0.3) is 0 Å². The Kier molecular flexibility index (Phi) is 4.39. The lowest BCUT2D eigenvalue weighted by molar-refractivity contribution is -0.120. The molecule has 0 bridgehead atoms. The predicted molar refractivity (Wildman–Crippen MR) is 104 cm³/mol. The number of amides is 1. The van der Waals surface area contributed by atoms with E-state index in [1.807, 2.05) is 38.1 Å². The quantitative estimate of drug-likeness (QED) is 0.557. The highest BCUT2D eigenvalue weighted by Crippen LogP contribution is 2.45. The van der Waals surface area contributed by atoms with E-state index in [4.69, 9.17) is 4.74 Å². The number of benzene rings is 1. The molecule has 6 heteroatoms. The van der Waals surface area contributed by atoms with E-state index in [2.05, 4.69) is 15.3 Å². The van der Waals surface area contributed by atoms with Crippen molar-refractivity contribution >= 4 is 17.7 Å². The summed E-state index contributed by atoms with van der Waals surface area (Å²) in [6.07, 6.45) is 3.28. The number of carbonyl (C=O) groups is 2. The summed E-state index contributed by atoms with van der Waals surface area (Å²) in [7, 11) is 0. The summed E-state index contributed by atoms with van der Waals surface area (Å²) in [5, 5.41) is 2.85. The van der Waals surface area contributed by atoms with Gasteiger partial charge in [-0.3, -0.25) is 4.79 Å². The minimum Gasteiger partial charge on any atom is -0.422 e. The average molecular weight is 373 g/mol. The molecule has 0 spiro atoms. The van der Waals surface area contributed by atoms with E-state index in [1.54, 1.807) is 42.7 Å². The van der Waals surface area contributed by atoms with Gasteiger partial charge < -0.3 is 10.1 Å². The Morgan fingerprint density at radius 1 is 1.07 bits per heavy atom. The third-order valence-corrected chi connectivity index (χ3v) is 5.39. The van der Waals surface area contributed by atoms with Crippen LogP contribution in [0.5, 0.6) is 5.75 Å². The molecule has 2 aromatic heterocycles. The van der Waals surface area contributed by atoms with Crippen LogP contribution in [0.3, 0.4) is 0 Å². The van der Waals surface area contributed by atoms with Gasteiger partial charge in [0.2, 0.25) is 5.91 Å². The minimum atomic E-state index is -0.767. The normalized spacial score (nSPS) is 18.9. The van der Waals surface area contributed by atoms with Gasteiger partial charge in [-0.05, 0) is 36.8 Å². The molecule has 1 aromatic carbocycles. The summed E-state index contributed by atoms with van der Waals surface area (Å²) in [6.45, 7) is 3.87. The molecule has 0 unspecified atom stereocenters. The second kappa shape index (κ2) is 6.88.